The fourth-order valence-corrected chi connectivity index (χ4v) is 5.86. The van der Waals surface area contributed by atoms with Gasteiger partial charge in [0.2, 0.25) is 0 Å². The molecule has 0 saturated carbocycles. The van der Waals surface area contributed by atoms with Crippen molar-refractivity contribution in [2.75, 3.05) is 19.0 Å². The first-order valence-electron chi connectivity index (χ1n) is 12.6. The van der Waals surface area contributed by atoms with Crippen LogP contribution < -0.4 is 10.1 Å². The molecule has 0 unspecified atom stereocenters. The van der Waals surface area contributed by atoms with E-state index in [0.717, 1.165) is 36.1 Å². The Kier molecular flexibility index (Phi) is 8.13. The Hall–Kier alpha value is -3.45. The van der Waals surface area contributed by atoms with E-state index < -0.39 is 0 Å². The minimum absolute atomic E-state index is 0.187. The van der Waals surface area contributed by atoms with E-state index in [-0.39, 0.29) is 17.3 Å². The van der Waals surface area contributed by atoms with E-state index in [4.69, 9.17) is 14.5 Å². The lowest BCUT2D eigenvalue weighted by atomic mass is 9.72. The van der Waals surface area contributed by atoms with Gasteiger partial charge in [0.25, 0.3) is 5.91 Å². The Morgan fingerprint density at radius 2 is 1.92 bits per heavy atom. The average molecular weight is 519 g/mol. The van der Waals surface area contributed by atoms with E-state index in [1.165, 1.54) is 4.88 Å². The summed E-state index contributed by atoms with van der Waals surface area (Å²) in [4.78, 5) is 31.6. The fourth-order valence-electron chi connectivity index (χ4n) is 4.59. The zero-order valence-corrected chi connectivity index (χ0v) is 22.9. The summed E-state index contributed by atoms with van der Waals surface area (Å²) in [6.45, 7) is 8.94. The Labute approximate surface area is 222 Å². The topological polar surface area (TPSA) is 77.0 Å². The first-order chi connectivity index (χ1) is 17.7. The summed E-state index contributed by atoms with van der Waals surface area (Å²) in [5, 5.41) is 3.72. The van der Waals surface area contributed by atoms with Crippen molar-refractivity contribution in [3.8, 4) is 5.75 Å². The molecule has 2 aromatic carbocycles. The lowest BCUT2D eigenvalue weighted by Gasteiger charge is -2.33. The lowest BCUT2D eigenvalue weighted by Crippen LogP contribution is -2.27. The maximum Gasteiger partial charge on any atom is 0.338 e. The second kappa shape index (κ2) is 11.3. The Bertz CT molecular complexity index is 1300. The van der Waals surface area contributed by atoms with E-state index >= 15 is 0 Å². The van der Waals surface area contributed by atoms with Crippen molar-refractivity contribution in [2.24, 2.45) is 16.3 Å². The Morgan fingerprint density at radius 1 is 1.16 bits per heavy atom. The predicted octanol–water partition coefficient (Wildman–Crippen LogP) is 7.09. The standard InChI is InChI=1S/C30H34N2O4S/c1-6-36-29(34)20-10-13-22(14-11-20)32-27(33)26-24-15-12-21(30(2,3)4)17-25(24)37-28(26)31-18-19-8-7-9-23(16-19)35-5/h7-11,13-14,16,18,21H,6,12,15,17H2,1-5H3,(H,32,33)/t21-/m1/s1. The van der Waals surface area contributed by atoms with Crippen LogP contribution in [0.4, 0.5) is 10.7 Å². The number of carbonyl (C=O) groups is 2. The van der Waals surface area contributed by atoms with Crippen LogP contribution in [0.1, 0.15) is 70.8 Å². The van der Waals surface area contributed by atoms with Gasteiger partial charge in [-0.15, -0.1) is 11.3 Å². The molecule has 194 valence electrons. The van der Waals surface area contributed by atoms with Gasteiger partial charge >= 0.3 is 5.97 Å². The molecule has 1 aliphatic carbocycles. The highest BCUT2D eigenvalue weighted by Crippen LogP contribution is 2.45. The van der Waals surface area contributed by atoms with Crippen molar-refractivity contribution in [1.29, 1.82) is 0 Å². The summed E-state index contributed by atoms with van der Waals surface area (Å²) < 4.78 is 10.4. The summed E-state index contributed by atoms with van der Waals surface area (Å²) in [5.41, 5.74) is 3.91. The van der Waals surface area contributed by atoms with Gasteiger partial charge in [-0.25, -0.2) is 9.79 Å². The number of thiophene rings is 1. The summed E-state index contributed by atoms with van der Waals surface area (Å²) in [5.74, 6) is 0.745. The number of hydrogen-bond acceptors (Lipinski definition) is 6. The number of nitrogens with one attached hydrogen (secondary N) is 1. The molecule has 37 heavy (non-hydrogen) atoms. The van der Waals surface area contributed by atoms with Gasteiger partial charge in [0, 0.05) is 16.8 Å². The zero-order chi connectivity index (χ0) is 26.6. The minimum Gasteiger partial charge on any atom is -0.497 e. The number of amides is 1. The molecule has 1 N–H and O–H groups in total. The van der Waals surface area contributed by atoms with Crippen LogP contribution in [0.5, 0.6) is 5.75 Å². The van der Waals surface area contributed by atoms with E-state index in [9.17, 15) is 9.59 Å². The summed E-state index contributed by atoms with van der Waals surface area (Å²) in [7, 11) is 1.64. The number of esters is 1. The number of anilines is 1. The maximum atomic E-state index is 13.6. The van der Waals surface area contributed by atoms with Crippen molar-refractivity contribution in [2.45, 2.75) is 47.0 Å². The maximum absolute atomic E-state index is 13.6. The molecule has 1 heterocycles. The fraction of sp³-hybridized carbons (Fsp3) is 0.367. The third kappa shape index (κ3) is 6.28. The van der Waals surface area contributed by atoms with E-state index in [1.807, 2.05) is 24.3 Å². The number of aliphatic imine (C=N–C) groups is 1. The van der Waals surface area contributed by atoms with Gasteiger partial charge in [0.05, 0.1) is 24.8 Å². The Balaban J connectivity index is 1.64. The molecule has 7 heteroatoms. The zero-order valence-electron chi connectivity index (χ0n) is 22.1. The van der Waals surface area contributed by atoms with Crippen LogP contribution >= 0.6 is 11.3 Å². The SMILES string of the molecule is CCOC(=O)c1ccc(NC(=O)c2c(N=Cc3cccc(OC)c3)sc3c2CC[C@@H](C(C)(C)C)C3)cc1. The first kappa shape index (κ1) is 26.6. The lowest BCUT2D eigenvalue weighted by molar-refractivity contribution is 0.0526. The van der Waals surface area contributed by atoms with Gasteiger partial charge in [0.1, 0.15) is 10.8 Å². The molecule has 4 rings (SSSR count). The minimum atomic E-state index is -0.380. The molecule has 1 aliphatic rings. The van der Waals surface area contributed by atoms with Crippen LogP contribution in [-0.2, 0) is 17.6 Å². The van der Waals surface area contributed by atoms with Crippen molar-refractivity contribution in [3.63, 3.8) is 0 Å². The molecular formula is C30H34N2O4S. The van der Waals surface area contributed by atoms with E-state index in [2.05, 4.69) is 26.1 Å². The number of ether oxygens (including phenoxy) is 2. The Morgan fingerprint density at radius 3 is 2.59 bits per heavy atom. The molecule has 0 spiro atoms. The van der Waals surface area contributed by atoms with Gasteiger partial charge in [-0.3, -0.25) is 4.79 Å². The molecular weight excluding hydrogens is 484 g/mol. The molecule has 3 aromatic rings. The predicted molar refractivity (Wildman–Crippen MR) is 150 cm³/mol. The summed E-state index contributed by atoms with van der Waals surface area (Å²) >= 11 is 1.61. The van der Waals surface area contributed by atoms with Crippen molar-refractivity contribution in [1.82, 2.24) is 0 Å². The monoisotopic (exact) mass is 518 g/mol. The molecule has 1 amide bonds. The molecule has 1 aromatic heterocycles. The summed E-state index contributed by atoms with van der Waals surface area (Å²) in [6.07, 6.45) is 4.63. The average Bonchev–Trinajstić information content (AvgIpc) is 3.25. The quantitative estimate of drug-likeness (QED) is 0.268. The van der Waals surface area contributed by atoms with Crippen molar-refractivity contribution >= 4 is 40.1 Å². The van der Waals surface area contributed by atoms with Crippen LogP contribution in [0.25, 0.3) is 0 Å². The number of nitrogens with zero attached hydrogens (tertiary/aromatic N) is 1. The molecule has 0 aliphatic heterocycles. The summed E-state index contributed by atoms with van der Waals surface area (Å²) in [6, 6.07) is 14.4. The third-order valence-electron chi connectivity index (χ3n) is 6.78. The number of rotatable bonds is 7. The van der Waals surface area contributed by atoms with Gasteiger partial charge in [-0.2, -0.15) is 0 Å². The molecule has 1 atom stereocenters. The van der Waals surface area contributed by atoms with E-state index in [0.29, 0.717) is 34.3 Å². The van der Waals surface area contributed by atoms with Crippen LogP contribution in [0, 0.1) is 11.3 Å². The number of carbonyl (C=O) groups excluding carboxylic acids is 2. The highest BCUT2D eigenvalue weighted by Gasteiger charge is 2.33. The molecule has 0 radical (unpaired) electrons. The number of benzene rings is 2. The second-order valence-corrected chi connectivity index (χ2v) is 11.4. The van der Waals surface area contributed by atoms with Gasteiger partial charge in [-0.1, -0.05) is 32.9 Å². The van der Waals surface area contributed by atoms with E-state index in [1.54, 1.807) is 55.9 Å². The molecule has 0 bridgehead atoms. The van der Waals surface area contributed by atoms with Gasteiger partial charge in [-0.05, 0) is 85.0 Å². The first-order valence-corrected chi connectivity index (χ1v) is 13.4. The van der Waals surface area contributed by atoms with Gasteiger partial charge < -0.3 is 14.8 Å². The van der Waals surface area contributed by atoms with Crippen LogP contribution in [0.2, 0.25) is 0 Å². The highest BCUT2D eigenvalue weighted by molar-refractivity contribution is 7.16. The smallest absolute Gasteiger partial charge is 0.338 e. The normalized spacial score (nSPS) is 15.3. The number of fused-ring (bicyclic) bond motifs is 1. The highest BCUT2D eigenvalue weighted by atomic mass is 32.1. The molecule has 6 nitrogen and oxygen atoms in total. The van der Waals surface area contributed by atoms with Crippen LogP contribution in [-0.4, -0.2) is 31.8 Å². The number of methoxy groups -OCH3 is 1. The van der Waals surface area contributed by atoms with Gasteiger partial charge in [0.15, 0.2) is 0 Å². The molecule has 0 saturated heterocycles. The van der Waals surface area contributed by atoms with Crippen LogP contribution in [0.15, 0.2) is 53.5 Å². The number of hydrogen-bond donors (Lipinski definition) is 1. The third-order valence-corrected chi connectivity index (χ3v) is 7.94. The van der Waals surface area contributed by atoms with Crippen molar-refractivity contribution < 1.29 is 19.1 Å². The van der Waals surface area contributed by atoms with Crippen LogP contribution in [0.3, 0.4) is 0 Å². The van der Waals surface area contributed by atoms with Crippen molar-refractivity contribution in [3.05, 3.63) is 75.7 Å². The molecule has 0 fully saturated rings. The largest absolute Gasteiger partial charge is 0.497 e. The second-order valence-electron chi connectivity index (χ2n) is 10.3.